The molecule has 2 saturated heterocycles. The van der Waals surface area contributed by atoms with Crippen LogP contribution >= 0.6 is 0 Å². The minimum atomic E-state index is 0.157. The maximum atomic E-state index is 11.5. The van der Waals surface area contributed by atoms with Crippen molar-refractivity contribution < 1.29 is 9.53 Å². The summed E-state index contributed by atoms with van der Waals surface area (Å²) in [5, 5.41) is 3.41. The maximum absolute atomic E-state index is 11.5. The highest BCUT2D eigenvalue weighted by atomic mass is 16.5. The number of ether oxygens (including phenoxy) is 1. The molecule has 0 bridgehead atoms. The highest BCUT2D eigenvalue weighted by molar-refractivity contribution is 5.77. The highest BCUT2D eigenvalue weighted by Gasteiger charge is 2.20. The average molecular weight is 212 g/mol. The summed E-state index contributed by atoms with van der Waals surface area (Å²) >= 11 is 0. The molecule has 2 aliphatic rings. The average Bonchev–Trinajstić information content (AvgIpc) is 2.29. The van der Waals surface area contributed by atoms with Gasteiger partial charge in [0.05, 0.1) is 6.61 Å². The Balaban J connectivity index is 1.69. The van der Waals surface area contributed by atoms with Gasteiger partial charge in [0.25, 0.3) is 0 Å². The summed E-state index contributed by atoms with van der Waals surface area (Å²) in [6.07, 6.45) is 3.73. The van der Waals surface area contributed by atoms with E-state index in [-0.39, 0.29) is 12.5 Å². The van der Waals surface area contributed by atoms with Crippen LogP contribution in [0.4, 0.5) is 0 Å². The van der Waals surface area contributed by atoms with Gasteiger partial charge in [0.1, 0.15) is 6.61 Å². The summed E-state index contributed by atoms with van der Waals surface area (Å²) in [7, 11) is 0. The summed E-state index contributed by atoms with van der Waals surface area (Å²) in [5.74, 6) is 0.916. The van der Waals surface area contributed by atoms with E-state index in [1.807, 2.05) is 4.90 Å². The molecule has 4 nitrogen and oxygen atoms in total. The highest BCUT2D eigenvalue weighted by Crippen LogP contribution is 2.15. The van der Waals surface area contributed by atoms with E-state index in [1.54, 1.807) is 0 Å². The summed E-state index contributed by atoms with van der Waals surface area (Å²) in [6.45, 7) is 4.95. The molecule has 2 rings (SSSR count). The van der Waals surface area contributed by atoms with Crippen LogP contribution in [0.15, 0.2) is 0 Å². The zero-order valence-electron chi connectivity index (χ0n) is 9.21. The first-order valence-electron chi connectivity index (χ1n) is 5.92. The lowest BCUT2D eigenvalue weighted by atomic mass is 9.96. The first kappa shape index (κ1) is 10.9. The fourth-order valence-corrected chi connectivity index (χ4v) is 2.30. The van der Waals surface area contributed by atoms with Crippen LogP contribution in [0.1, 0.15) is 19.3 Å². The van der Waals surface area contributed by atoms with E-state index in [2.05, 4.69) is 5.32 Å². The van der Waals surface area contributed by atoms with Gasteiger partial charge in [-0.05, 0) is 38.3 Å². The summed E-state index contributed by atoms with van der Waals surface area (Å²) in [4.78, 5) is 13.4. The predicted molar refractivity (Wildman–Crippen MR) is 57.6 cm³/mol. The van der Waals surface area contributed by atoms with Gasteiger partial charge in [-0.25, -0.2) is 0 Å². The number of piperidine rings is 1. The first-order valence-corrected chi connectivity index (χ1v) is 5.92. The zero-order valence-corrected chi connectivity index (χ0v) is 9.21. The van der Waals surface area contributed by atoms with Crippen LogP contribution in [-0.2, 0) is 9.53 Å². The fraction of sp³-hybridized carbons (Fsp3) is 0.909. The number of amides is 1. The van der Waals surface area contributed by atoms with Gasteiger partial charge in [0.2, 0.25) is 5.91 Å². The minimum Gasteiger partial charge on any atom is -0.370 e. The number of carbonyl (C=O) groups is 1. The Labute approximate surface area is 91.0 Å². The topological polar surface area (TPSA) is 41.6 Å². The Morgan fingerprint density at radius 1 is 1.53 bits per heavy atom. The second-order valence-electron chi connectivity index (χ2n) is 4.43. The van der Waals surface area contributed by atoms with Crippen LogP contribution in [0.3, 0.4) is 0 Å². The Bertz CT molecular complexity index is 215. The summed E-state index contributed by atoms with van der Waals surface area (Å²) in [6, 6.07) is 0. The largest absolute Gasteiger partial charge is 0.370 e. The first-order chi connectivity index (χ1) is 7.36. The van der Waals surface area contributed by atoms with Gasteiger partial charge in [-0.1, -0.05) is 0 Å². The van der Waals surface area contributed by atoms with Crippen LogP contribution < -0.4 is 5.32 Å². The van der Waals surface area contributed by atoms with Gasteiger partial charge in [-0.15, -0.1) is 0 Å². The minimum absolute atomic E-state index is 0.157. The molecule has 2 fully saturated rings. The SMILES string of the molecule is O=C1COCCN1CCC1CCCNC1. The quantitative estimate of drug-likeness (QED) is 0.728. The Morgan fingerprint density at radius 3 is 3.20 bits per heavy atom. The van der Waals surface area contributed by atoms with Crippen molar-refractivity contribution in [1.82, 2.24) is 10.2 Å². The van der Waals surface area contributed by atoms with Crippen molar-refractivity contribution in [3.05, 3.63) is 0 Å². The molecule has 2 aliphatic heterocycles. The second kappa shape index (κ2) is 5.47. The molecule has 1 unspecified atom stereocenters. The van der Waals surface area contributed by atoms with Crippen LogP contribution in [0.25, 0.3) is 0 Å². The fourth-order valence-electron chi connectivity index (χ4n) is 2.30. The molecule has 0 radical (unpaired) electrons. The number of hydrogen-bond donors (Lipinski definition) is 1. The third-order valence-corrected chi connectivity index (χ3v) is 3.29. The molecular weight excluding hydrogens is 192 g/mol. The summed E-state index contributed by atoms with van der Waals surface area (Å²) < 4.78 is 5.10. The van der Waals surface area contributed by atoms with Crippen molar-refractivity contribution in [3.63, 3.8) is 0 Å². The third-order valence-electron chi connectivity index (χ3n) is 3.29. The Hall–Kier alpha value is -0.610. The standard InChI is InChI=1S/C11H20N2O2/c14-11-9-15-7-6-13(11)5-3-10-2-1-4-12-8-10/h10,12H,1-9H2. The lowest BCUT2D eigenvalue weighted by Gasteiger charge is -2.29. The van der Waals surface area contributed by atoms with Crippen LogP contribution in [0.5, 0.6) is 0 Å². The molecule has 4 heteroatoms. The van der Waals surface area contributed by atoms with E-state index in [0.29, 0.717) is 6.61 Å². The van der Waals surface area contributed by atoms with E-state index in [9.17, 15) is 4.79 Å². The van der Waals surface area contributed by atoms with Crippen LogP contribution in [0.2, 0.25) is 0 Å². The monoisotopic (exact) mass is 212 g/mol. The molecule has 2 heterocycles. The summed E-state index contributed by atoms with van der Waals surface area (Å²) in [5.41, 5.74) is 0. The number of nitrogens with zero attached hydrogens (tertiary/aromatic N) is 1. The lowest BCUT2D eigenvalue weighted by Crippen LogP contribution is -2.43. The molecular formula is C11H20N2O2. The predicted octanol–water partition coefficient (Wildman–Crippen LogP) is 0.235. The van der Waals surface area contributed by atoms with E-state index in [4.69, 9.17) is 4.74 Å². The lowest BCUT2D eigenvalue weighted by molar-refractivity contribution is -0.142. The normalized spacial score (nSPS) is 28.1. The zero-order chi connectivity index (χ0) is 10.5. The molecule has 0 aromatic rings. The molecule has 86 valence electrons. The number of morpholine rings is 1. The van der Waals surface area contributed by atoms with Gasteiger partial charge in [-0.3, -0.25) is 4.79 Å². The van der Waals surface area contributed by atoms with Crippen molar-refractivity contribution >= 4 is 5.91 Å². The Morgan fingerprint density at radius 2 is 2.47 bits per heavy atom. The smallest absolute Gasteiger partial charge is 0.248 e. The molecule has 15 heavy (non-hydrogen) atoms. The third kappa shape index (κ3) is 3.18. The second-order valence-corrected chi connectivity index (χ2v) is 4.43. The number of carbonyl (C=O) groups excluding carboxylic acids is 1. The molecule has 1 atom stereocenters. The van der Waals surface area contributed by atoms with Gasteiger partial charge >= 0.3 is 0 Å². The Kier molecular flexibility index (Phi) is 3.97. The molecule has 0 saturated carbocycles. The van der Waals surface area contributed by atoms with Crippen molar-refractivity contribution in [2.45, 2.75) is 19.3 Å². The number of nitrogens with one attached hydrogen (secondary N) is 1. The number of rotatable bonds is 3. The molecule has 1 amide bonds. The maximum Gasteiger partial charge on any atom is 0.248 e. The van der Waals surface area contributed by atoms with Gasteiger partial charge in [0.15, 0.2) is 0 Å². The van der Waals surface area contributed by atoms with Gasteiger partial charge in [0, 0.05) is 13.1 Å². The molecule has 0 aromatic carbocycles. The van der Waals surface area contributed by atoms with E-state index < -0.39 is 0 Å². The van der Waals surface area contributed by atoms with Crippen molar-refractivity contribution in [2.75, 3.05) is 39.4 Å². The van der Waals surface area contributed by atoms with Gasteiger partial charge < -0.3 is 15.0 Å². The number of hydrogen-bond acceptors (Lipinski definition) is 3. The van der Waals surface area contributed by atoms with Crippen molar-refractivity contribution in [3.8, 4) is 0 Å². The molecule has 1 N–H and O–H groups in total. The van der Waals surface area contributed by atoms with Crippen LogP contribution in [-0.4, -0.2) is 50.2 Å². The molecule has 0 aromatic heterocycles. The van der Waals surface area contributed by atoms with Crippen molar-refractivity contribution in [1.29, 1.82) is 0 Å². The van der Waals surface area contributed by atoms with Gasteiger partial charge in [-0.2, -0.15) is 0 Å². The van der Waals surface area contributed by atoms with E-state index in [0.717, 1.165) is 38.5 Å². The van der Waals surface area contributed by atoms with E-state index in [1.165, 1.54) is 12.8 Å². The van der Waals surface area contributed by atoms with E-state index >= 15 is 0 Å². The molecule has 0 aliphatic carbocycles. The van der Waals surface area contributed by atoms with Crippen molar-refractivity contribution in [2.24, 2.45) is 5.92 Å². The van der Waals surface area contributed by atoms with Crippen LogP contribution in [0, 0.1) is 5.92 Å². The molecule has 0 spiro atoms.